The number of aromatic hydroxyl groups is 1. The second-order valence-corrected chi connectivity index (χ2v) is 8.46. The van der Waals surface area contributed by atoms with E-state index >= 15 is 0 Å². The molecule has 0 radical (unpaired) electrons. The van der Waals surface area contributed by atoms with Gasteiger partial charge in [0.2, 0.25) is 0 Å². The second kappa shape index (κ2) is 9.25. The van der Waals surface area contributed by atoms with Crippen LogP contribution in [0, 0.1) is 0 Å². The molecule has 0 aromatic heterocycles. The molecule has 1 heterocycles. The molecule has 1 aliphatic carbocycles. The lowest BCUT2D eigenvalue weighted by Crippen LogP contribution is -2.41. The number of carbonyl (C=O) groups excluding carboxylic acids is 2. The van der Waals surface area contributed by atoms with Gasteiger partial charge in [-0.05, 0) is 48.1 Å². The minimum Gasteiger partial charge on any atom is -0.508 e. The molecule has 2 aliphatic rings. The summed E-state index contributed by atoms with van der Waals surface area (Å²) in [5.74, 6) is 0.176. The van der Waals surface area contributed by atoms with Crippen LogP contribution in [0.1, 0.15) is 49.7 Å². The number of aldehydes is 1. The Balaban J connectivity index is 1.48. The minimum atomic E-state index is -3.32. The zero-order valence-corrected chi connectivity index (χ0v) is 18.2. The summed E-state index contributed by atoms with van der Waals surface area (Å²) in [4.78, 5) is 24.1. The number of rotatable bonds is 7. The van der Waals surface area contributed by atoms with Crippen LogP contribution < -0.4 is 20.1 Å². The van der Waals surface area contributed by atoms with E-state index in [4.69, 9.17) is 4.74 Å². The molecular weight excluding hydrogens is 434 g/mol. The van der Waals surface area contributed by atoms with Gasteiger partial charge in [-0.15, -0.1) is 0 Å². The summed E-state index contributed by atoms with van der Waals surface area (Å²) < 4.78 is 36.4. The van der Waals surface area contributed by atoms with Crippen molar-refractivity contribution in [3.63, 3.8) is 0 Å². The number of phenolic OH excluding ortho intramolecular Hbond substituents is 1. The van der Waals surface area contributed by atoms with Crippen LogP contribution in [-0.4, -0.2) is 36.1 Å². The highest BCUT2D eigenvalue weighted by atomic mass is 19.3. The Morgan fingerprint density at radius 1 is 1.30 bits per heavy atom. The van der Waals surface area contributed by atoms with Crippen molar-refractivity contribution in [1.29, 1.82) is 0 Å². The van der Waals surface area contributed by atoms with E-state index in [2.05, 4.69) is 15.4 Å². The molecule has 7 nitrogen and oxygen atoms in total. The molecule has 1 unspecified atom stereocenters. The lowest BCUT2D eigenvalue weighted by atomic mass is 9.93. The first-order valence-electron chi connectivity index (χ1n) is 10.9. The maximum atomic E-state index is 13.1. The van der Waals surface area contributed by atoms with Crippen molar-refractivity contribution in [2.24, 2.45) is 0 Å². The van der Waals surface area contributed by atoms with Crippen molar-refractivity contribution in [2.75, 3.05) is 17.2 Å². The summed E-state index contributed by atoms with van der Waals surface area (Å²) in [6.07, 6.45) is 0.831. The fraction of sp³-hybridized carbons (Fsp3) is 0.417. The Morgan fingerprint density at radius 3 is 2.76 bits per heavy atom. The van der Waals surface area contributed by atoms with Gasteiger partial charge in [-0.2, -0.15) is 8.78 Å². The Hall–Kier alpha value is -3.36. The smallest absolute Gasteiger partial charge is 0.394 e. The summed E-state index contributed by atoms with van der Waals surface area (Å²) in [5.41, 5.74) is 2.22. The summed E-state index contributed by atoms with van der Waals surface area (Å²) in [6, 6.07) is 7.45. The Morgan fingerprint density at radius 2 is 2.06 bits per heavy atom. The number of phenols is 1. The second-order valence-electron chi connectivity index (χ2n) is 8.46. The van der Waals surface area contributed by atoms with Crippen molar-refractivity contribution in [1.82, 2.24) is 0 Å². The quantitative estimate of drug-likeness (QED) is 0.523. The number of carbonyl (C=O) groups is 2. The third-order valence-corrected chi connectivity index (χ3v) is 5.90. The van der Waals surface area contributed by atoms with Gasteiger partial charge in [-0.3, -0.25) is 4.79 Å². The molecule has 1 amide bonds. The van der Waals surface area contributed by atoms with Crippen molar-refractivity contribution >= 4 is 23.6 Å². The van der Waals surface area contributed by atoms with Crippen molar-refractivity contribution in [3.05, 3.63) is 41.5 Å². The van der Waals surface area contributed by atoms with Crippen LogP contribution in [0.15, 0.2) is 30.3 Å². The Bertz CT molecular complexity index is 1050. The maximum Gasteiger partial charge on any atom is 0.394 e. The zero-order valence-electron chi connectivity index (χ0n) is 18.2. The van der Waals surface area contributed by atoms with Gasteiger partial charge in [0, 0.05) is 31.2 Å². The van der Waals surface area contributed by atoms with Gasteiger partial charge in [0.05, 0.1) is 12.2 Å². The normalized spacial score (nSPS) is 18.1. The SMILES string of the molecule is CC(F)(F)Oc1ccc2c(c1)NCC(C(=O)Nc1cc(O)c(C3CCCC3)cc1CC=O)O2. The molecule has 176 valence electrons. The van der Waals surface area contributed by atoms with Crippen LogP contribution in [0.2, 0.25) is 0 Å². The summed E-state index contributed by atoms with van der Waals surface area (Å²) in [5, 5.41) is 16.3. The summed E-state index contributed by atoms with van der Waals surface area (Å²) >= 11 is 0. The number of amides is 1. The standard InChI is InChI=1S/C24H26F2N2O5/c1-24(25,26)33-16-6-7-21-19(11-16)27-13-22(32-21)23(31)28-18-12-20(30)17(10-15(18)8-9-29)14-4-2-3-5-14/h6-7,9-12,14,22,27,30H,2-5,8,13H2,1H3,(H,28,31). The summed E-state index contributed by atoms with van der Waals surface area (Å²) in [7, 11) is 0. The molecule has 33 heavy (non-hydrogen) atoms. The average molecular weight is 460 g/mol. The maximum absolute atomic E-state index is 13.1. The van der Waals surface area contributed by atoms with Crippen LogP contribution >= 0.6 is 0 Å². The fourth-order valence-corrected chi connectivity index (χ4v) is 4.37. The van der Waals surface area contributed by atoms with Crippen LogP contribution in [0.4, 0.5) is 20.2 Å². The number of nitrogens with one attached hydrogen (secondary N) is 2. The molecule has 1 aliphatic heterocycles. The van der Waals surface area contributed by atoms with E-state index in [0.29, 0.717) is 29.6 Å². The monoisotopic (exact) mass is 460 g/mol. The van der Waals surface area contributed by atoms with E-state index in [1.165, 1.54) is 24.3 Å². The number of alkyl halides is 2. The average Bonchev–Trinajstić information content (AvgIpc) is 3.28. The predicted molar refractivity (Wildman–Crippen MR) is 118 cm³/mol. The number of fused-ring (bicyclic) bond motifs is 1. The molecule has 1 atom stereocenters. The third-order valence-electron chi connectivity index (χ3n) is 5.90. The number of benzene rings is 2. The van der Waals surface area contributed by atoms with Crippen LogP contribution in [-0.2, 0) is 16.0 Å². The van der Waals surface area contributed by atoms with E-state index in [1.807, 2.05) is 0 Å². The molecule has 9 heteroatoms. The first-order chi connectivity index (χ1) is 15.7. The number of hydrogen-bond donors (Lipinski definition) is 3. The number of ether oxygens (including phenoxy) is 2. The van der Waals surface area contributed by atoms with Crippen LogP contribution in [0.5, 0.6) is 17.2 Å². The molecular formula is C24H26F2N2O5. The highest BCUT2D eigenvalue weighted by Crippen LogP contribution is 2.41. The zero-order chi connectivity index (χ0) is 23.6. The van der Waals surface area contributed by atoms with E-state index in [-0.39, 0.29) is 30.4 Å². The first kappa shape index (κ1) is 22.8. The molecule has 0 saturated heterocycles. The Kier molecular flexibility index (Phi) is 6.40. The van der Waals surface area contributed by atoms with Gasteiger partial charge in [0.15, 0.2) is 6.10 Å². The van der Waals surface area contributed by atoms with Crippen molar-refractivity contribution in [3.8, 4) is 17.2 Å². The van der Waals surface area contributed by atoms with Crippen LogP contribution in [0.25, 0.3) is 0 Å². The van der Waals surface area contributed by atoms with Crippen LogP contribution in [0.3, 0.4) is 0 Å². The lowest BCUT2D eigenvalue weighted by Gasteiger charge is -2.27. The van der Waals surface area contributed by atoms with Gasteiger partial charge in [0.25, 0.3) is 5.91 Å². The van der Waals surface area contributed by atoms with Gasteiger partial charge in [-0.25, -0.2) is 0 Å². The Labute approximate surface area is 190 Å². The minimum absolute atomic E-state index is 0.0309. The van der Waals surface area contributed by atoms with Gasteiger partial charge in [-0.1, -0.05) is 12.8 Å². The van der Waals surface area contributed by atoms with E-state index in [9.17, 15) is 23.5 Å². The van der Waals surface area contributed by atoms with E-state index < -0.39 is 18.1 Å². The molecule has 2 aromatic carbocycles. The van der Waals surface area contributed by atoms with Gasteiger partial charge in [0.1, 0.15) is 23.5 Å². The molecule has 1 saturated carbocycles. The molecule has 0 spiro atoms. The molecule has 1 fully saturated rings. The molecule has 2 aromatic rings. The van der Waals surface area contributed by atoms with Gasteiger partial charge < -0.3 is 30.0 Å². The number of anilines is 2. The fourth-order valence-electron chi connectivity index (χ4n) is 4.37. The van der Waals surface area contributed by atoms with E-state index in [1.54, 1.807) is 6.07 Å². The van der Waals surface area contributed by atoms with Crippen molar-refractivity contribution < 1.29 is 33.0 Å². The van der Waals surface area contributed by atoms with Gasteiger partial charge >= 0.3 is 6.11 Å². The number of halogens is 2. The molecule has 3 N–H and O–H groups in total. The first-order valence-corrected chi connectivity index (χ1v) is 10.9. The summed E-state index contributed by atoms with van der Waals surface area (Å²) in [6.45, 7) is 0.744. The highest BCUT2D eigenvalue weighted by molar-refractivity contribution is 5.96. The lowest BCUT2D eigenvalue weighted by molar-refractivity contribution is -0.158. The van der Waals surface area contributed by atoms with E-state index in [0.717, 1.165) is 37.5 Å². The highest BCUT2D eigenvalue weighted by Gasteiger charge is 2.29. The largest absolute Gasteiger partial charge is 0.508 e. The predicted octanol–water partition coefficient (Wildman–Crippen LogP) is 4.59. The topological polar surface area (TPSA) is 96.9 Å². The van der Waals surface area contributed by atoms with Crippen molar-refractivity contribution in [2.45, 2.75) is 57.2 Å². The molecule has 0 bridgehead atoms. The third kappa shape index (κ3) is 5.35. The number of hydrogen-bond acceptors (Lipinski definition) is 6. The molecule has 4 rings (SSSR count).